The van der Waals surface area contributed by atoms with Gasteiger partial charge in [-0.3, -0.25) is 0 Å². The van der Waals surface area contributed by atoms with Crippen molar-refractivity contribution in [2.75, 3.05) is 19.8 Å². The smallest absolute Gasteiger partial charge is 0.464 e. The van der Waals surface area contributed by atoms with E-state index in [1.54, 1.807) is 6.26 Å². The van der Waals surface area contributed by atoms with Gasteiger partial charge in [0.1, 0.15) is 5.58 Å². The van der Waals surface area contributed by atoms with Crippen LogP contribution in [0.5, 0.6) is 0 Å². The molecule has 2 aliphatic heterocycles. The molecule has 3 aliphatic carbocycles. The fraction of sp³-hybridized carbons (Fsp3) is 0.667. The number of alkyl carbamates (subject to hydrolysis) is 1. The average Bonchev–Trinajstić information content (AvgIpc) is 3.43. The second-order valence-electron chi connectivity index (χ2n) is 11.7. The Morgan fingerprint density at radius 2 is 2.11 bits per heavy atom. The first kappa shape index (κ1) is 23.4. The van der Waals surface area contributed by atoms with Crippen molar-refractivity contribution in [3.05, 3.63) is 36.1 Å². The molecule has 35 heavy (non-hydrogen) atoms. The molecule has 1 aromatic carbocycles. The van der Waals surface area contributed by atoms with Crippen LogP contribution >= 0.6 is 0 Å². The zero-order chi connectivity index (χ0) is 24.2. The largest absolute Gasteiger partial charge is 0.482 e. The van der Waals surface area contributed by atoms with Crippen LogP contribution in [0.3, 0.4) is 0 Å². The molecule has 1 N–H and O–H groups in total. The monoisotopic (exact) mass is 481 g/mol. The van der Waals surface area contributed by atoms with Gasteiger partial charge in [-0.15, -0.1) is 0 Å². The van der Waals surface area contributed by atoms with Crippen LogP contribution in [-0.2, 0) is 25.2 Å². The van der Waals surface area contributed by atoms with Crippen molar-refractivity contribution in [1.82, 2.24) is 5.32 Å². The quantitative estimate of drug-likeness (QED) is 0.600. The molecule has 2 aromatic rings. The summed E-state index contributed by atoms with van der Waals surface area (Å²) < 4.78 is 30.2. The highest BCUT2D eigenvalue weighted by Gasteiger charge is 2.68. The van der Waals surface area contributed by atoms with Gasteiger partial charge >= 0.3 is 13.2 Å². The first-order valence-electron chi connectivity index (χ1n) is 13.1. The van der Waals surface area contributed by atoms with Crippen molar-refractivity contribution in [3.8, 4) is 0 Å². The molecule has 5 fully saturated rings. The van der Waals surface area contributed by atoms with E-state index in [0.717, 1.165) is 42.4 Å². The van der Waals surface area contributed by atoms with Gasteiger partial charge in [-0.25, -0.2) is 4.79 Å². The molecule has 2 saturated heterocycles. The van der Waals surface area contributed by atoms with Crippen LogP contribution in [0.1, 0.15) is 52.0 Å². The maximum absolute atomic E-state index is 12.9. The number of hydrogen-bond acceptors (Lipinski definition) is 6. The van der Waals surface area contributed by atoms with Crippen LogP contribution in [0.25, 0.3) is 11.0 Å². The highest BCUT2D eigenvalue weighted by Crippen LogP contribution is 2.65. The molecule has 0 spiro atoms. The molecule has 0 radical (unpaired) electrons. The summed E-state index contributed by atoms with van der Waals surface area (Å²) in [6, 6.07) is 7.95. The van der Waals surface area contributed by atoms with Crippen molar-refractivity contribution in [2.45, 2.75) is 70.5 Å². The standard InChI is InChI=1S/C27H36BNO6/c1-26(2)19-12-22(26)27(3)23(13-19)34-28(35-27)24(11-18-16-32-21-9-5-4-8-20(18)21)29-25(30)33-15-17-7-6-10-31-14-17/h4-5,8-9,16-17,19,22-24H,6-7,10-15H2,1-3H3,(H,29,30)/t17-,19+,22+,23-,24+,27+/m1/s1. The number of furan rings is 1. The topological polar surface area (TPSA) is 79.2 Å². The Balaban J connectivity index is 1.20. The van der Waals surface area contributed by atoms with Gasteiger partial charge in [0.05, 0.1) is 37.1 Å². The minimum atomic E-state index is -0.542. The lowest BCUT2D eigenvalue weighted by atomic mass is 9.43. The lowest BCUT2D eigenvalue weighted by Gasteiger charge is -2.64. The molecule has 188 valence electrons. The van der Waals surface area contributed by atoms with Gasteiger partial charge in [0, 0.05) is 17.9 Å². The van der Waals surface area contributed by atoms with Crippen molar-refractivity contribution in [1.29, 1.82) is 0 Å². The van der Waals surface area contributed by atoms with Crippen LogP contribution in [0.2, 0.25) is 0 Å². The number of benzene rings is 1. The first-order valence-corrected chi connectivity index (χ1v) is 13.1. The predicted molar refractivity (Wildman–Crippen MR) is 132 cm³/mol. The van der Waals surface area contributed by atoms with E-state index >= 15 is 0 Å². The van der Waals surface area contributed by atoms with E-state index in [-0.39, 0.29) is 23.0 Å². The first-order chi connectivity index (χ1) is 16.8. The van der Waals surface area contributed by atoms with Gasteiger partial charge < -0.3 is 28.5 Å². The van der Waals surface area contributed by atoms with Crippen molar-refractivity contribution in [2.24, 2.45) is 23.2 Å². The summed E-state index contributed by atoms with van der Waals surface area (Å²) in [6.07, 6.45) is 6.13. The number of hydrogen-bond donors (Lipinski definition) is 1. The summed E-state index contributed by atoms with van der Waals surface area (Å²) >= 11 is 0. The van der Waals surface area contributed by atoms with Crippen molar-refractivity contribution in [3.63, 3.8) is 0 Å². The van der Waals surface area contributed by atoms with Crippen molar-refractivity contribution >= 4 is 24.2 Å². The summed E-state index contributed by atoms with van der Waals surface area (Å²) in [5.41, 5.74) is 1.76. The zero-order valence-electron chi connectivity index (χ0n) is 21.0. The molecule has 7 rings (SSSR count). The number of nitrogens with one attached hydrogen (secondary N) is 1. The van der Waals surface area contributed by atoms with Crippen LogP contribution in [0.4, 0.5) is 4.79 Å². The average molecular weight is 481 g/mol. The molecule has 3 heterocycles. The maximum atomic E-state index is 12.9. The van der Waals surface area contributed by atoms with Gasteiger partial charge in [-0.2, -0.15) is 0 Å². The highest BCUT2D eigenvalue weighted by atomic mass is 16.7. The van der Waals surface area contributed by atoms with E-state index in [1.165, 1.54) is 6.42 Å². The SMILES string of the molecule is CC1(C)[C@@H]2C[C@H]3OB([C@H](Cc4coc5ccccc45)NC(=O)OC[C@@H]4CCCOC4)O[C@@]3(C)[C@H]1C2. The molecule has 5 aliphatic rings. The summed E-state index contributed by atoms with van der Waals surface area (Å²) in [7, 11) is -0.542. The Bertz CT molecular complexity index is 1080. The Labute approximate surface area is 207 Å². The van der Waals surface area contributed by atoms with Crippen molar-refractivity contribution < 1.29 is 28.0 Å². The fourth-order valence-corrected chi connectivity index (χ4v) is 7.04. The van der Waals surface area contributed by atoms with E-state index in [9.17, 15) is 4.79 Å². The van der Waals surface area contributed by atoms with Gasteiger partial charge in [-0.1, -0.05) is 32.0 Å². The Hall–Kier alpha value is -2.03. The van der Waals surface area contributed by atoms with Gasteiger partial charge in [0.2, 0.25) is 0 Å². The molecule has 6 atom stereocenters. The highest BCUT2D eigenvalue weighted by molar-refractivity contribution is 6.48. The number of carbonyl (C=O) groups excluding carboxylic acids is 1. The van der Waals surface area contributed by atoms with Crippen LogP contribution in [-0.4, -0.2) is 50.7 Å². The van der Waals surface area contributed by atoms with E-state index in [1.807, 2.05) is 24.3 Å². The second kappa shape index (κ2) is 8.82. The minimum absolute atomic E-state index is 0.0464. The van der Waals surface area contributed by atoms with Gasteiger partial charge in [-0.05, 0) is 67.9 Å². The van der Waals surface area contributed by atoms with E-state index in [0.29, 0.717) is 31.5 Å². The Morgan fingerprint density at radius 1 is 1.26 bits per heavy atom. The van der Waals surface area contributed by atoms with Crippen LogP contribution in [0, 0.1) is 23.2 Å². The molecule has 7 nitrogen and oxygen atoms in total. The van der Waals surface area contributed by atoms with E-state index in [4.69, 9.17) is 23.2 Å². The number of carbonyl (C=O) groups is 1. The van der Waals surface area contributed by atoms with Crippen LogP contribution < -0.4 is 5.32 Å². The number of para-hydroxylation sites is 1. The van der Waals surface area contributed by atoms with Gasteiger partial charge in [0.25, 0.3) is 0 Å². The third-order valence-electron chi connectivity index (χ3n) is 9.31. The summed E-state index contributed by atoms with van der Waals surface area (Å²) in [5.74, 6) is 0.978. The zero-order valence-corrected chi connectivity index (χ0v) is 21.0. The third-order valence-corrected chi connectivity index (χ3v) is 9.31. The molecular formula is C27H36BNO6. The molecular weight excluding hydrogens is 445 g/mol. The lowest BCUT2D eigenvalue weighted by molar-refractivity contribution is -0.199. The van der Waals surface area contributed by atoms with E-state index < -0.39 is 19.2 Å². The Morgan fingerprint density at radius 3 is 2.91 bits per heavy atom. The summed E-state index contributed by atoms with van der Waals surface area (Å²) in [6.45, 7) is 8.69. The molecule has 1 aromatic heterocycles. The second-order valence-corrected chi connectivity index (χ2v) is 11.7. The lowest BCUT2D eigenvalue weighted by Crippen LogP contribution is -2.65. The molecule has 3 saturated carbocycles. The molecule has 8 heteroatoms. The number of amides is 1. The number of fused-ring (bicyclic) bond motifs is 1. The maximum Gasteiger partial charge on any atom is 0.482 e. The van der Waals surface area contributed by atoms with Gasteiger partial charge in [0.15, 0.2) is 0 Å². The Kier molecular flexibility index (Phi) is 5.89. The van der Waals surface area contributed by atoms with Crippen LogP contribution in [0.15, 0.2) is 34.9 Å². The minimum Gasteiger partial charge on any atom is -0.464 e. The predicted octanol–water partition coefficient (Wildman–Crippen LogP) is 4.76. The normalized spacial score (nSPS) is 34.2. The third kappa shape index (κ3) is 4.07. The summed E-state index contributed by atoms with van der Waals surface area (Å²) in [5, 5.41) is 4.12. The molecule has 1 amide bonds. The summed E-state index contributed by atoms with van der Waals surface area (Å²) in [4.78, 5) is 12.9. The molecule has 0 unspecified atom stereocenters. The number of rotatable bonds is 6. The molecule has 2 bridgehead atoms. The number of ether oxygens (including phenoxy) is 2. The van der Waals surface area contributed by atoms with E-state index in [2.05, 4.69) is 26.1 Å². The fourth-order valence-electron chi connectivity index (χ4n) is 7.04.